The van der Waals surface area contributed by atoms with Gasteiger partial charge in [0, 0.05) is 22.3 Å². The highest BCUT2D eigenvalue weighted by Crippen LogP contribution is 2.35. The van der Waals surface area contributed by atoms with Crippen molar-refractivity contribution in [3.8, 4) is 17.2 Å². The number of benzene rings is 3. The zero-order chi connectivity index (χ0) is 22.4. The Kier molecular flexibility index (Phi) is 8.29. The summed E-state index contributed by atoms with van der Waals surface area (Å²) in [5, 5.41) is 4.18. The van der Waals surface area contributed by atoms with E-state index in [4.69, 9.17) is 37.4 Å². The molecule has 0 atom stereocenters. The molecule has 164 valence electrons. The highest BCUT2D eigenvalue weighted by molar-refractivity contribution is 9.10. The molecule has 0 saturated heterocycles. The summed E-state index contributed by atoms with van der Waals surface area (Å²) in [5.74, 6) is 1.40. The Morgan fingerprint density at radius 3 is 2.35 bits per heavy atom. The molecule has 0 heterocycles. The summed E-state index contributed by atoms with van der Waals surface area (Å²) in [6.07, 6.45) is 0. The van der Waals surface area contributed by atoms with Crippen molar-refractivity contribution in [3.05, 3.63) is 80.0 Å². The Bertz CT molecular complexity index is 1070. The van der Waals surface area contributed by atoms with Crippen LogP contribution >= 0.6 is 39.1 Å². The maximum Gasteiger partial charge on any atom is 0.162 e. The molecule has 0 aromatic heterocycles. The summed E-state index contributed by atoms with van der Waals surface area (Å²) >= 11 is 15.9. The Morgan fingerprint density at radius 1 is 0.903 bits per heavy atom. The first-order valence-electron chi connectivity index (χ1n) is 9.50. The summed E-state index contributed by atoms with van der Waals surface area (Å²) in [6.45, 7) is 3.11. The third-order valence-electron chi connectivity index (χ3n) is 4.45. The Labute approximate surface area is 199 Å². The van der Waals surface area contributed by atoms with E-state index in [1.54, 1.807) is 13.2 Å². The molecule has 0 unspecified atom stereocenters. The van der Waals surface area contributed by atoms with Gasteiger partial charge in [-0.2, -0.15) is 0 Å². The van der Waals surface area contributed by atoms with Crippen LogP contribution in [0.15, 0.2) is 53.0 Å². The van der Waals surface area contributed by atoms with Crippen molar-refractivity contribution >= 4 is 44.8 Å². The van der Waals surface area contributed by atoms with Gasteiger partial charge in [-0.05, 0) is 55.0 Å². The summed E-state index contributed by atoms with van der Waals surface area (Å²) in [7, 11) is 1.58. The van der Waals surface area contributed by atoms with Crippen molar-refractivity contribution in [3.63, 3.8) is 0 Å². The van der Waals surface area contributed by atoms with Gasteiger partial charge in [0.1, 0.15) is 18.2 Å². The van der Waals surface area contributed by atoms with Crippen LogP contribution in [0.25, 0.3) is 0 Å². The molecule has 3 aromatic carbocycles. The molecule has 3 rings (SSSR count). The van der Waals surface area contributed by atoms with Crippen molar-refractivity contribution in [2.45, 2.75) is 20.1 Å². The maximum absolute atomic E-state index is 13.3. The topological polar surface area (TPSA) is 39.7 Å². The van der Waals surface area contributed by atoms with Crippen LogP contribution in [0.3, 0.4) is 0 Å². The second kappa shape index (κ2) is 10.9. The molecule has 3 aromatic rings. The molecular formula is C23H21BrCl2FNO3. The predicted octanol–water partition coefficient (Wildman–Crippen LogP) is 7.49. The number of methoxy groups -OCH3 is 1. The van der Waals surface area contributed by atoms with Crippen molar-refractivity contribution in [1.82, 2.24) is 0 Å². The average molecular weight is 529 g/mol. The lowest BCUT2D eigenvalue weighted by Gasteiger charge is -2.16. The van der Waals surface area contributed by atoms with E-state index in [0.717, 1.165) is 15.7 Å². The zero-order valence-electron chi connectivity index (χ0n) is 17.0. The van der Waals surface area contributed by atoms with Gasteiger partial charge in [-0.25, -0.2) is 4.39 Å². The normalized spacial score (nSPS) is 10.6. The number of ether oxygens (including phenoxy) is 3. The smallest absolute Gasteiger partial charge is 0.162 e. The number of rotatable bonds is 9. The summed E-state index contributed by atoms with van der Waals surface area (Å²) in [5.41, 5.74) is 2.52. The second-order valence-electron chi connectivity index (χ2n) is 6.55. The molecule has 0 bridgehead atoms. The Morgan fingerprint density at radius 2 is 1.68 bits per heavy atom. The molecule has 0 radical (unpaired) electrons. The van der Waals surface area contributed by atoms with Crippen LogP contribution in [-0.2, 0) is 13.2 Å². The summed E-state index contributed by atoms with van der Waals surface area (Å²) in [4.78, 5) is 0. The lowest BCUT2D eigenvalue weighted by Crippen LogP contribution is -2.04. The van der Waals surface area contributed by atoms with Gasteiger partial charge in [0.15, 0.2) is 11.5 Å². The maximum atomic E-state index is 13.3. The zero-order valence-corrected chi connectivity index (χ0v) is 20.1. The van der Waals surface area contributed by atoms with Crippen LogP contribution in [0.1, 0.15) is 18.1 Å². The SMILES string of the molecule is CCOc1cc(CNc2ccc(OC)c(Cl)c2)c(Br)cc1OCc1ccc(F)cc1Cl. The molecule has 0 aliphatic carbocycles. The van der Waals surface area contributed by atoms with Gasteiger partial charge >= 0.3 is 0 Å². The van der Waals surface area contributed by atoms with E-state index in [0.29, 0.717) is 46.0 Å². The minimum Gasteiger partial charge on any atom is -0.495 e. The second-order valence-corrected chi connectivity index (χ2v) is 8.22. The quantitative estimate of drug-likeness (QED) is 0.312. The predicted molar refractivity (Wildman–Crippen MR) is 126 cm³/mol. The van der Waals surface area contributed by atoms with Crippen LogP contribution < -0.4 is 19.5 Å². The van der Waals surface area contributed by atoms with Crippen molar-refractivity contribution in [2.75, 3.05) is 19.0 Å². The molecule has 0 amide bonds. The van der Waals surface area contributed by atoms with E-state index in [1.165, 1.54) is 12.1 Å². The number of hydrogen-bond donors (Lipinski definition) is 1. The first-order chi connectivity index (χ1) is 14.9. The fourth-order valence-corrected chi connectivity index (χ4v) is 3.80. The van der Waals surface area contributed by atoms with Crippen LogP contribution in [0.5, 0.6) is 17.2 Å². The van der Waals surface area contributed by atoms with Crippen molar-refractivity contribution in [1.29, 1.82) is 0 Å². The van der Waals surface area contributed by atoms with Crippen molar-refractivity contribution < 1.29 is 18.6 Å². The van der Waals surface area contributed by atoms with E-state index >= 15 is 0 Å². The Hall–Kier alpha value is -2.15. The lowest BCUT2D eigenvalue weighted by molar-refractivity contribution is 0.269. The van der Waals surface area contributed by atoms with Crippen LogP contribution in [0.4, 0.5) is 10.1 Å². The highest BCUT2D eigenvalue weighted by atomic mass is 79.9. The van der Waals surface area contributed by atoms with Gasteiger partial charge in [0.05, 0.1) is 23.8 Å². The summed E-state index contributed by atoms with van der Waals surface area (Å²) < 4.78 is 31.0. The number of halogens is 4. The van der Waals surface area contributed by atoms with Gasteiger partial charge in [-0.3, -0.25) is 0 Å². The van der Waals surface area contributed by atoms with E-state index in [2.05, 4.69) is 21.2 Å². The largest absolute Gasteiger partial charge is 0.495 e. The molecule has 31 heavy (non-hydrogen) atoms. The van der Waals surface area contributed by atoms with Crippen LogP contribution in [-0.4, -0.2) is 13.7 Å². The molecule has 0 aliphatic heterocycles. The number of nitrogens with one attached hydrogen (secondary N) is 1. The van der Waals surface area contributed by atoms with Gasteiger partial charge < -0.3 is 19.5 Å². The summed E-state index contributed by atoms with van der Waals surface area (Å²) in [6, 6.07) is 13.5. The average Bonchev–Trinajstić information content (AvgIpc) is 2.74. The van der Waals surface area contributed by atoms with Crippen molar-refractivity contribution in [2.24, 2.45) is 0 Å². The molecule has 0 spiro atoms. The fraction of sp³-hybridized carbons (Fsp3) is 0.217. The van der Waals surface area contributed by atoms with E-state index in [1.807, 2.05) is 37.3 Å². The van der Waals surface area contributed by atoms with E-state index < -0.39 is 0 Å². The van der Waals surface area contributed by atoms with Gasteiger partial charge in [-0.15, -0.1) is 0 Å². The van der Waals surface area contributed by atoms with E-state index in [9.17, 15) is 4.39 Å². The molecule has 0 saturated carbocycles. The third-order valence-corrected chi connectivity index (χ3v) is 5.83. The minimum absolute atomic E-state index is 0.188. The molecule has 4 nitrogen and oxygen atoms in total. The molecular weight excluding hydrogens is 508 g/mol. The lowest BCUT2D eigenvalue weighted by atomic mass is 10.2. The first kappa shape index (κ1) is 23.5. The van der Waals surface area contributed by atoms with Gasteiger partial charge in [-0.1, -0.05) is 45.2 Å². The first-order valence-corrected chi connectivity index (χ1v) is 11.1. The number of hydrogen-bond acceptors (Lipinski definition) is 4. The highest BCUT2D eigenvalue weighted by Gasteiger charge is 2.13. The molecule has 1 N–H and O–H groups in total. The van der Waals surface area contributed by atoms with Gasteiger partial charge in [0.2, 0.25) is 0 Å². The Balaban J connectivity index is 1.75. The standard InChI is InChI=1S/C23H21BrCl2FNO3/c1-3-30-22-8-15(12-28-17-6-7-21(29-2)20(26)10-17)18(24)11-23(22)31-13-14-4-5-16(27)9-19(14)25/h4-11,28H,3,12-13H2,1-2H3. The molecule has 8 heteroatoms. The molecule has 0 fully saturated rings. The third kappa shape index (κ3) is 6.19. The minimum atomic E-state index is -0.387. The number of anilines is 1. The van der Waals surface area contributed by atoms with E-state index in [-0.39, 0.29) is 12.4 Å². The monoisotopic (exact) mass is 527 g/mol. The van der Waals surface area contributed by atoms with Crippen LogP contribution in [0.2, 0.25) is 10.0 Å². The molecule has 0 aliphatic rings. The fourth-order valence-electron chi connectivity index (χ4n) is 2.86. The van der Waals surface area contributed by atoms with Gasteiger partial charge in [0.25, 0.3) is 0 Å². The van der Waals surface area contributed by atoms with Crippen LogP contribution in [0, 0.1) is 5.82 Å².